The van der Waals surface area contributed by atoms with Crippen molar-refractivity contribution in [2.75, 3.05) is 58.1 Å². The molecule has 5 rings (SSSR count). The maximum absolute atomic E-state index is 5.64. The monoisotopic (exact) mass is 573 g/mol. The third-order valence-electron chi connectivity index (χ3n) is 5.31. The molecule has 0 aliphatic carbocycles. The van der Waals surface area contributed by atoms with E-state index >= 15 is 0 Å². The number of nitrogens with two attached hydrogens (primary N) is 6. The van der Waals surface area contributed by atoms with E-state index in [-0.39, 0.29) is 0 Å². The quantitative estimate of drug-likeness (QED) is 0.135. The smallest absolute Gasteiger partial charge is 0.201 e. The second-order valence-electron chi connectivity index (χ2n) is 8.45. The number of rotatable bonds is 3. The van der Waals surface area contributed by atoms with Crippen molar-refractivity contribution in [3.8, 4) is 0 Å². The fourth-order valence-electron chi connectivity index (χ4n) is 3.26. The first-order valence-corrected chi connectivity index (χ1v) is 14.7. The Labute approximate surface area is 237 Å². The largest absolute Gasteiger partial charge is 0.399 e. The summed E-state index contributed by atoms with van der Waals surface area (Å²) in [5.41, 5.74) is 38.2. The zero-order valence-electron chi connectivity index (χ0n) is 22.2. The lowest BCUT2D eigenvalue weighted by Crippen LogP contribution is -2.15. The molecule has 0 saturated carbocycles. The van der Waals surface area contributed by atoms with Gasteiger partial charge in [0.2, 0.25) is 10.3 Å². The van der Waals surface area contributed by atoms with Crippen molar-refractivity contribution >= 4 is 72.5 Å². The molecule has 38 heavy (non-hydrogen) atoms. The van der Waals surface area contributed by atoms with Gasteiger partial charge in [-0.15, -0.1) is 11.3 Å². The van der Waals surface area contributed by atoms with Crippen LogP contribution < -0.4 is 39.3 Å². The molecule has 1 aliphatic rings. The number of aromatic nitrogens is 2. The predicted octanol–water partition coefficient (Wildman–Crippen LogP) is 5.48. The SMILES string of the molecule is CCSc1nsc(N)n1.Cc1cc(N)ccc1N.Cc1cc(N)ccc1N.Nc1ccc(N2CCCC2)s1. The Hall–Kier alpha value is -3.35. The highest BCUT2D eigenvalue weighted by molar-refractivity contribution is 7.99. The summed E-state index contributed by atoms with van der Waals surface area (Å²) in [7, 11) is 0. The number of hydrogen-bond acceptors (Lipinski definition) is 12. The first-order valence-electron chi connectivity index (χ1n) is 12.1. The van der Waals surface area contributed by atoms with Crippen LogP contribution in [0.25, 0.3) is 0 Å². The lowest BCUT2D eigenvalue weighted by atomic mass is 10.2. The second-order valence-corrected chi connectivity index (χ2v) is 11.6. The Kier molecular flexibility index (Phi) is 12.8. The van der Waals surface area contributed by atoms with Crippen molar-refractivity contribution in [2.24, 2.45) is 0 Å². The van der Waals surface area contributed by atoms with E-state index in [1.54, 1.807) is 35.2 Å². The molecular formula is C26H39N9S3. The summed E-state index contributed by atoms with van der Waals surface area (Å²) < 4.78 is 3.97. The zero-order valence-corrected chi connectivity index (χ0v) is 24.6. The van der Waals surface area contributed by atoms with Crippen molar-refractivity contribution < 1.29 is 0 Å². The summed E-state index contributed by atoms with van der Waals surface area (Å²) >= 11 is 4.53. The van der Waals surface area contributed by atoms with Gasteiger partial charge in [0.15, 0.2) is 0 Å². The van der Waals surface area contributed by atoms with Gasteiger partial charge in [-0.2, -0.15) is 9.36 Å². The van der Waals surface area contributed by atoms with Gasteiger partial charge in [0, 0.05) is 47.4 Å². The number of aryl methyl sites for hydroxylation is 2. The molecule has 0 bridgehead atoms. The summed E-state index contributed by atoms with van der Waals surface area (Å²) in [6.45, 7) is 8.35. The fraction of sp³-hybridized carbons (Fsp3) is 0.308. The standard InChI is InChI=1S/C8H12N2S.2C7H10N2.C4H7N3S2/c9-7-3-4-8(11-7)10-5-1-2-6-10;2*1-5-4-6(8)2-3-7(5)9;1-2-8-4-6-3(5)9-7-4/h3-4H,1-2,5-6,9H2;2*2-4H,8-9H2,1H3;2H2,1H3,(H2,5,6,7). The molecular weight excluding hydrogens is 535 g/mol. The second kappa shape index (κ2) is 15.8. The summed E-state index contributed by atoms with van der Waals surface area (Å²) in [5.74, 6) is 0.996. The van der Waals surface area contributed by atoms with Crippen LogP contribution in [0.1, 0.15) is 30.9 Å². The number of thiophene rings is 1. The zero-order chi connectivity index (χ0) is 28.1. The third-order valence-corrected chi connectivity index (χ3v) is 7.68. The highest BCUT2D eigenvalue weighted by atomic mass is 32.2. The average molecular weight is 574 g/mol. The van der Waals surface area contributed by atoms with Gasteiger partial charge >= 0.3 is 0 Å². The van der Waals surface area contributed by atoms with Crippen molar-refractivity contribution in [1.29, 1.82) is 0 Å². The molecule has 0 spiro atoms. The van der Waals surface area contributed by atoms with Gasteiger partial charge in [-0.3, -0.25) is 0 Å². The van der Waals surface area contributed by atoms with Crippen LogP contribution >= 0.6 is 34.6 Å². The summed E-state index contributed by atoms with van der Waals surface area (Å²) in [6, 6.07) is 15.0. The van der Waals surface area contributed by atoms with Gasteiger partial charge in [-0.25, -0.2) is 0 Å². The maximum atomic E-state index is 5.64. The molecule has 2 aromatic heterocycles. The molecule has 2 aromatic carbocycles. The van der Waals surface area contributed by atoms with E-state index in [2.05, 4.69) is 27.2 Å². The number of benzene rings is 2. The molecule has 0 amide bonds. The fourth-order valence-corrected chi connectivity index (χ4v) is 5.22. The molecule has 12 N–H and O–H groups in total. The van der Waals surface area contributed by atoms with Crippen LogP contribution in [0.3, 0.4) is 0 Å². The molecule has 3 heterocycles. The van der Waals surface area contributed by atoms with Gasteiger partial charge < -0.3 is 39.3 Å². The Morgan fingerprint density at radius 1 is 0.816 bits per heavy atom. The van der Waals surface area contributed by atoms with Crippen LogP contribution in [0.5, 0.6) is 0 Å². The average Bonchev–Trinajstić information content (AvgIpc) is 3.64. The molecule has 0 atom stereocenters. The minimum Gasteiger partial charge on any atom is -0.399 e. The van der Waals surface area contributed by atoms with Crippen LogP contribution in [0, 0.1) is 13.8 Å². The van der Waals surface area contributed by atoms with Gasteiger partial charge in [0.25, 0.3) is 0 Å². The summed E-state index contributed by atoms with van der Waals surface area (Å²) in [6.07, 6.45) is 2.66. The molecule has 0 radical (unpaired) electrons. The minimum absolute atomic E-state index is 0.547. The van der Waals surface area contributed by atoms with Crippen LogP contribution in [-0.2, 0) is 0 Å². The van der Waals surface area contributed by atoms with Gasteiger partial charge in [-0.05, 0) is 92.1 Å². The molecule has 1 fully saturated rings. The van der Waals surface area contributed by atoms with E-state index in [0.29, 0.717) is 5.13 Å². The number of nitrogens with zero attached hydrogens (tertiary/aromatic N) is 3. The lowest BCUT2D eigenvalue weighted by Gasteiger charge is -2.13. The van der Waals surface area contributed by atoms with E-state index < -0.39 is 0 Å². The van der Waals surface area contributed by atoms with Crippen molar-refractivity contribution in [3.05, 3.63) is 59.7 Å². The van der Waals surface area contributed by atoms with Gasteiger partial charge in [0.05, 0.1) is 10.0 Å². The van der Waals surface area contributed by atoms with Crippen LogP contribution in [0.4, 0.5) is 37.9 Å². The lowest BCUT2D eigenvalue weighted by molar-refractivity contribution is 0.949. The van der Waals surface area contributed by atoms with E-state index in [1.165, 1.54) is 42.5 Å². The molecule has 9 nitrogen and oxygen atoms in total. The summed E-state index contributed by atoms with van der Waals surface area (Å²) in [4.78, 5) is 6.35. The highest BCUT2D eigenvalue weighted by Gasteiger charge is 2.13. The molecule has 206 valence electrons. The molecule has 1 aliphatic heterocycles. The topological polar surface area (TPSA) is 185 Å². The molecule has 0 unspecified atom stereocenters. The first kappa shape index (κ1) is 30.9. The van der Waals surface area contributed by atoms with Crippen molar-refractivity contribution in [2.45, 2.75) is 38.8 Å². The Bertz CT molecular complexity index is 1200. The van der Waals surface area contributed by atoms with Crippen LogP contribution in [0.2, 0.25) is 0 Å². The molecule has 12 heteroatoms. The van der Waals surface area contributed by atoms with Crippen LogP contribution in [-0.4, -0.2) is 28.2 Å². The first-order chi connectivity index (χ1) is 18.1. The van der Waals surface area contributed by atoms with Crippen LogP contribution in [0.15, 0.2) is 53.7 Å². The Balaban J connectivity index is 0.000000179. The number of nitrogen functional groups attached to an aromatic ring is 6. The number of thioether (sulfide) groups is 1. The summed E-state index contributed by atoms with van der Waals surface area (Å²) in [5, 5.41) is 3.60. The molecule has 1 saturated heterocycles. The van der Waals surface area contributed by atoms with E-state index in [1.807, 2.05) is 44.2 Å². The predicted molar refractivity (Wildman–Crippen MR) is 171 cm³/mol. The van der Waals surface area contributed by atoms with Crippen molar-refractivity contribution in [3.63, 3.8) is 0 Å². The normalized spacial score (nSPS) is 11.9. The maximum Gasteiger partial charge on any atom is 0.201 e. The highest BCUT2D eigenvalue weighted by Crippen LogP contribution is 2.29. The van der Waals surface area contributed by atoms with E-state index in [0.717, 1.165) is 49.8 Å². The Morgan fingerprint density at radius 3 is 1.74 bits per heavy atom. The van der Waals surface area contributed by atoms with Gasteiger partial charge in [-0.1, -0.05) is 18.7 Å². The third kappa shape index (κ3) is 11.0. The number of hydrogen-bond donors (Lipinski definition) is 6. The van der Waals surface area contributed by atoms with Crippen molar-refractivity contribution in [1.82, 2.24) is 9.36 Å². The van der Waals surface area contributed by atoms with E-state index in [9.17, 15) is 0 Å². The Morgan fingerprint density at radius 2 is 1.37 bits per heavy atom. The number of anilines is 7. The van der Waals surface area contributed by atoms with E-state index in [4.69, 9.17) is 34.4 Å². The minimum atomic E-state index is 0.547. The van der Waals surface area contributed by atoms with Gasteiger partial charge in [0.1, 0.15) is 0 Å². The molecule has 4 aromatic rings.